The van der Waals surface area contributed by atoms with Gasteiger partial charge in [0.25, 0.3) is 5.91 Å². The van der Waals surface area contributed by atoms with Gasteiger partial charge in [-0.05, 0) is 31.9 Å². The number of nitrogens with two attached hydrogens (primary N) is 1. The highest BCUT2D eigenvalue weighted by molar-refractivity contribution is 6.15. The molecule has 0 unspecified atom stereocenters. The summed E-state index contributed by atoms with van der Waals surface area (Å²) in [6.45, 7) is 2.58. The topological polar surface area (TPSA) is 72.6 Å². The van der Waals surface area contributed by atoms with Gasteiger partial charge in [-0.2, -0.15) is 0 Å². The third-order valence-corrected chi connectivity index (χ3v) is 4.87. The second-order valence-corrected chi connectivity index (χ2v) is 6.75. The van der Waals surface area contributed by atoms with E-state index in [9.17, 15) is 9.59 Å². The van der Waals surface area contributed by atoms with Crippen LogP contribution in [0.3, 0.4) is 0 Å². The van der Waals surface area contributed by atoms with Crippen molar-refractivity contribution in [2.75, 3.05) is 26.2 Å². The Morgan fingerprint density at radius 1 is 0.963 bits per heavy atom. The third kappa shape index (κ3) is 4.81. The molecule has 0 radical (unpaired) electrons. The van der Waals surface area contributed by atoms with E-state index in [1.807, 2.05) is 23.1 Å². The smallest absolute Gasteiger partial charge is 0.254 e. The van der Waals surface area contributed by atoms with E-state index in [-0.39, 0.29) is 17.8 Å². The SMILES string of the molecule is NCCCOC1CCN(C(=O)c2ccccc2C(=O)c2ccccc2)CC1. The first-order valence-electron chi connectivity index (χ1n) is 9.50. The van der Waals surface area contributed by atoms with Crippen LogP contribution in [0.4, 0.5) is 0 Å². The number of likely N-dealkylation sites (tertiary alicyclic amines) is 1. The molecule has 27 heavy (non-hydrogen) atoms. The first-order chi connectivity index (χ1) is 13.2. The normalized spacial score (nSPS) is 14.9. The molecule has 0 aliphatic carbocycles. The number of rotatable bonds is 7. The van der Waals surface area contributed by atoms with Gasteiger partial charge in [0.2, 0.25) is 0 Å². The number of carbonyl (C=O) groups excluding carboxylic acids is 2. The Morgan fingerprint density at radius 2 is 1.59 bits per heavy atom. The maximum Gasteiger partial charge on any atom is 0.254 e. The van der Waals surface area contributed by atoms with Crippen LogP contribution in [-0.4, -0.2) is 48.9 Å². The molecule has 0 aromatic heterocycles. The van der Waals surface area contributed by atoms with E-state index in [1.54, 1.807) is 36.4 Å². The lowest BCUT2D eigenvalue weighted by Gasteiger charge is -2.32. The van der Waals surface area contributed by atoms with Gasteiger partial charge in [0.05, 0.1) is 11.7 Å². The van der Waals surface area contributed by atoms with Crippen molar-refractivity contribution in [3.8, 4) is 0 Å². The molecule has 142 valence electrons. The molecule has 2 aromatic rings. The summed E-state index contributed by atoms with van der Waals surface area (Å²) >= 11 is 0. The van der Waals surface area contributed by atoms with Gasteiger partial charge in [0, 0.05) is 30.8 Å². The Kier molecular flexibility index (Phi) is 6.74. The highest BCUT2D eigenvalue weighted by Crippen LogP contribution is 2.20. The number of hydrogen-bond acceptors (Lipinski definition) is 4. The second kappa shape index (κ2) is 9.44. The number of amides is 1. The van der Waals surface area contributed by atoms with Crippen LogP contribution < -0.4 is 5.73 Å². The molecule has 0 saturated carbocycles. The molecule has 5 heteroatoms. The van der Waals surface area contributed by atoms with Gasteiger partial charge in [-0.3, -0.25) is 9.59 Å². The molecular formula is C22H26N2O3. The molecule has 1 fully saturated rings. The van der Waals surface area contributed by atoms with Crippen LogP contribution in [0.2, 0.25) is 0 Å². The second-order valence-electron chi connectivity index (χ2n) is 6.75. The molecule has 0 bridgehead atoms. The molecule has 1 amide bonds. The summed E-state index contributed by atoms with van der Waals surface area (Å²) in [6.07, 6.45) is 2.66. The van der Waals surface area contributed by atoms with Crippen molar-refractivity contribution in [3.63, 3.8) is 0 Å². The Hall–Kier alpha value is -2.50. The summed E-state index contributed by atoms with van der Waals surface area (Å²) in [5.41, 5.74) is 7.00. The minimum atomic E-state index is -0.125. The van der Waals surface area contributed by atoms with Crippen LogP contribution in [0, 0.1) is 0 Å². The van der Waals surface area contributed by atoms with Crippen molar-refractivity contribution in [2.24, 2.45) is 5.73 Å². The standard InChI is InChI=1S/C22H26N2O3/c23-13-6-16-27-18-11-14-24(15-12-18)22(26)20-10-5-4-9-19(20)21(25)17-7-2-1-3-8-17/h1-5,7-10,18H,6,11-16,23H2. The molecule has 2 N–H and O–H groups in total. The zero-order chi connectivity index (χ0) is 19.1. The Bertz CT molecular complexity index is 768. The summed E-state index contributed by atoms with van der Waals surface area (Å²) in [5.74, 6) is -0.213. The van der Waals surface area contributed by atoms with Crippen LogP contribution in [0.15, 0.2) is 54.6 Å². The summed E-state index contributed by atoms with van der Waals surface area (Å²) < 4.78 is 5.80. The minimum Gasteiger partial charge on any atom is -0.378 e. The highest BCUT2D eigenvalue weighted by Gasteiger charge is 2.26. The van der Waals surface area contributed by atoms with E-state index < -0.39 is 0 Å². The molecular weight excluding hydrogens is 340 g/mol. The summed E-state index contributed by atoms with van der Waals surface area (Å²) in [4.78, 5) is 27.7. The van der Waals surface area contributed by atoms with E-state index in [0.29, 0.717) is 42.9 Å². The first kappa shape index (κ1) is 19.3. The quantitative estimate of drug-likeness (QED) is 0.604. The summed E-state index contributed by atoms with van der Waals surface area (Å²) in [6, 6.07) is 16.1. The molecule has 1 aliphatic rings. The number of nitrogens with zero attached hydrogens (tertiary/aromatic N) is 1. The van der Waals surface area contributed by atoms with E-state index in [4.69, 9.17) is 10.5 Å². The van der Waals surface area contributed by atoms with Crippen molar-refractivity contribution in [1.29, 1.82) is 0 Å². The highest BCUT2D eigenvalue weighted by atomic mass is 16.5. The zero-order valence-corrected chi connectivity index (χ0v) is 15.5. The van der Waals surface area contributed by atoms with Gasteiger partial charge in [-0.25, -0.2) is 0 Å². The zero-order valence-electron chi connectivity index (χ0n) is 15.5. The van der Waals surface area contributed by atoms with E-state index in [1.165, 1.54) is 0 Å². The average Bonchev–Trinajstić information content (AvgIpc) is 2.74. The molecule has 0 atom stereocenters. The number of carbonyl (C=O) groups is 2. The Morgan fingerprint density at radius 3 is 2.26 bits per heavy atom. The third-order valence-electron chi connectivity index (χ3n) is 4.87. The number of piperidine rings is 1. The molecule has 2 aromatic carbocycles. The lowest BCUT2D eigenvalue weighted by molar-refractivity contribution is 0.00840. The van der Waals surface area contributed by atoms with Crippen LogP contribution >= 0.6 is 0 Å². The van der Waals surface area contributed by atoms with E-state index >= 15 is 0 Å². The fourth-order valence-electron chi connectivity index (χ4n) is 3.34. The molecule has 1 saturated heterocycles. The maximum atomic E-state index is 13.0. The fourth-order valence-corrected chi connectivity index (χ4v) is 3.34. The van der Waals surface area contributed by atoms with Gasteiger partial charge in [0.1, 0.15) is 0 Å². The molecule has 0 spiro atoms. The van der Waals surface area contributed by atoms with Crippen molar-refractivity contribution in [2.45, 2.75) is 25.4 Å². The first-order valence-corrected chi connectivity index (χ1v) is 9.50. The fraction of sp³-hybridized carbons (Fsp3) is 0.364. The van der Waals surface area contributed by atoms with Crippen LogP contribution in [0.25, 0.3) is 0 Å². The van der Waals surface area contributed by atoms with Crippen LogP contribution in [0.1, 0.15) is 45.5 Å². The van der Waals surface area contributed by atoms with Crippen molar-refractivity contribution in [1.82, 2.24) is 4.90 Å². The van der Waals surface area contributed by atoms with Gasteiger partial charge in [0.15, 0.2) is 5.78 Å². The van der Waals surface area contributed by atoms with Crippen LogP contribution in [0.5, 0.6) is 0 Å². The number of hydrogen-bond donors (Lipinski definition) is 1. The predicted molar refractivity (Wildman–Crippen MR) is 105 cm³/mol. The van der Waals surface area contributed by atoms with Crippen molar-refractivity contribution in [3.05, 3.63) is 71.3 Å². The average molecular weight is 366 g/mol. The Balaban J connectivity index is 1.69. The molecule has 5 nitrogen and oxygen atoms in total. The largest absolute Gasteiger partial charge is 0.378 e. The molecule has 3 rings (SSSR count). The predicted octanol–water partition coefficient (Wildman–Crippen LogP) is 2.89. The van der Waals surface area contributed by atoms with Crippen LogP contribution in [-0.2, 0) is 4.74 Å². The van der Waals surface area contributed by atoms with Crippen molar-refractivity contribution < 1.29 is 14.3 Å². The van der Waals surface area contributed by atoms with Gasteiger partial charge in [-0.15, -0.1) is 0 Å². The molecule has 1 heterocycles. The Labute approximate surface area is 160 Å². The lowest BCUT2D eigenvalue weighted by Crippen LogP contribution is -2.41. The number of ketones is 1. The number of ether oxygens (including phenoxy) is 1. The lowest BCUT2D eigenvalue weighted by atomic mass is 9.97. The maximum absolute atomic E-state index is 13.0. The van der Waals surface area contributed by atoms with Gasteiger partial charge >= 0.3 is 0 Å². The monoisotopic (exact) mass is 366 g/mol. The molecule has 1 aliphatic heterocycles. The van der Waals surface area contributed by atoms with Gasteiger partial charge < -0.3 is 15.4 Å². The van der Waals surface area contributed by atoms with Crippen molar-refractivity contribution >= 4 is 11.7 Å². The summed E-state index contributed by atoms with van der Waals surface area (Å²) in [7, 11) is 0. The van der Waals surface area contributed by atoms with E-state index in [0.717, 1.165) is 19.3 Å². The van der Waals surface area contributed by atoms with E-state index in [2.05, 4.69) is 0 Å². The number of benzene rings is 2. The minimum absolute atomic E-state index is 0.0877. The van der Waals surface area contributed by atoms with Gasteiger partial charge in [-0.1, -0.05) is 48.5 Å². The summed E-state index contributed by atoms with van der Waals surface area (Å²) in [5, 5.41) is 0.